The van der Waals surface area contributed by atoms with Crippen molar-refractivity contribution >= 4 is 17.5 Å². The lowest BCUT2D eigenvalue weighted by atomic mass is 9.65. The van der Waals surface area contributed by atoms with E-state index < -0.39 is 23.5 Å². The summed E-state index contributed by atoms with van der Waals surface area (Å²) in [4.78, 5) is 27.7. The highest BCUT2D eigenvalue weighted by Gasteiger charge is 2.65. The van der Waals surface area contributed by atoms with Gasteiger partial charge in [-0.2, -0.15) is 0 Å². The Labute approximate surface area is 168 Å². The van der Waals surface area contributed by atoms with Gasteiger partial charge in [0.15, 0.2) is 5.79 Å². The first-order chi connectivity index (χ1) is 13.9. The predicted molar refractivity (Wildman–Crippen MR) is 105 cm³/mol. The van der Waals surface area contributed by atoms with Crippen LogP contribution in [0.2, 0.25) is 0 Å². The number of nitrogens with zero attached hydrogens (tertiary/aromatic N) is 1. The van der Waals surface area contributed by atoms with Crippen LogP contribution in [-0.4, -0.2) is 27.8 Å². The van der Waals surface area contributed by atoms with E-state index in [1.807, 2.05) is 13.0 Å². The van der Waals surface area contributed by atoms with Gasteiger partial charge in [-0.15, -0.1) is 0 Å². The standard InChI is InChI=1S/C23H23NO5/c1-13-11-17-20(22(27)24(21(17)26)15-5-3-2-4-6-15)18-12-19(29-23(13,18)28)14-7-9-16(25)10-8-14/h2-10,13,17-20,25,28H,11-12H2,1H3/t13-,17-,18-,19-,20-,23+/m0/s1. The number of rotatable bonds is 2. The van der Waals surface area contributed by atoms with Crippen molar-refractivity contribution in [2.45, 2.75) is 31.7 Å². The van der Waals surface area contributed by atoms with Crippen LogP contribution in [0.1, 0.15) is 31.4 Å². The average molecular weight is 393 g/mol. The zero-order valence-electron chi connectivity index (χ0n) is 16.1. The van der Waals surface area contributed by atoms with E-state index in [0.29, 0.717) is 18.5 Å². The van der Waals surface area contributed by atoms with E-state index in [1.54, 1.807) is 48.5 Å². The van der Waals surface area contributed by atoms with E-state index in [2.05, 4.69) is 0 Å². The van der Waals surface area contributed by atoms with Gasteiger partial charge in [-0.1, -0.05) is 37.3 Å². The maximum absolute atomic E-state index is 13.3. The quantitative estimate of drug-likeness (QED) is 0.766. The molecule has 0 unspecified atom stereocenters. The maximum Gasteiger partial charge on any atom is 0.238 e. The number of benzene rings is 2. The molecule has 29 heavy (non-hydrogen) atoms. The Morgan fingerprint density at radius 3 is 2.38 bits per heavy atom. The summed E-state index contributed by atoms with van der Waals surface area (Å²) >= 11 is 0. The molecule has 3 fully saturated rings. The number of aromatic hydroxyl groups is 1. The molecule has 2 aromatic carbocycles. The van der Waals surface area contributed by atoms with E-state index in [4.69, 9.17) is 4.74 Å². The molecule has 5 rings (SSSR count). The van der Waals surface area contributed by atoms with Crippen LogP contribution in [0.3, 0.4) is 0 Å². The predicted octanol–water partition coefficient (Wildman–Crippen LogP) is 3.00. The molecule has 2 saturated heterocycles. The molecule has 1 saturated carbocycles. The van der Waals surface area contributed by atoms with Crippen molar-refractivity contribution in [3.8, 4) is 5.75 Å². The van der Waals surface area contributed by atoms with E-state index >= 15 is 0 Å². The molecular weight excluding hydrogens is 370 g/mol. The fraction of sp³-hybridized carbons (Fsp3) is 0.391. The van der Waals surface area contributed by atoms with E-state index in [-0.39, 0.29) is 29.6 Å². The second kappa shape index (κ2) is 6.40. The molecule has 2 aliphatic heterocycles. The molecule has 150 valence electrons. The van der Waals surface area contributed by atoms with Crippen LogP contribution in [0.15, 0.2) is 54.6 Å². The van der Waals surface area contributed by atoms with E-state index in [0.717, 1.165) is 5.56 Å². The number of ether oxygens (including phenoxy) is 1. The molecule has 0 bridgehead atoms. The van der Waals surface area contributed by atoms with Crippen LogP contribution >= 0.6 is 0 Å². The second-order valence-electron chi connectivity index (χ2n) is 8.41. The van der Waals surface area contributed by atoms with Gasteiger partial charge in [0.2, 0.25) is 11.8 Å². The van der Waals surface area contributed by atoms with Crippen molar-refractivity contribution < 1.29 is 24.5 Å². The summed E-state index contributed by atoms with van der Waals surface area (Å²) in [5.74, 6) is -3.50. The lowest BCUT2D eigenvalue weighted by Crippen LogP contribution is -2.52. The highest BCUT2D eigenvalue weighted by molar-refractivity contribution is 6.22. The number of para-hydroxylation sites is 1. The number of aliphatic hydroxyl groups is 1. The first-order valence-electron chi connectivity index (χ1n) is 10.0. The van der Waals surface area contributed by atoms with Crippen molar-refractivity contribution in [2.24, 2.45) is 23.7 Å². The number of hydrogen-bond donors (Lipinski definition) is 2. The second-order valence-corrected chi connectivity index (χ2v) is 8.41. The number of fused-ring (bicyclic) bond motifs is 3. The molecule has 6 heteroatoms. The summed E-state index contributed by atoms with van der Waals surface area (Å²) in [6, 6.07) is 15.7. The lowest BCUT2D eigenvalue weighted by Gasteiger charge is -2.43. The molecule has 3 aliphatic rings. The Morgan fingerprint density at radius 2 is 1.69 bits per heavy atom. The first kappa shape index (κ1) is 18.3. The summed E-state index contributed by atoms with van der Waals surface area (Å²) in [7, 11) is 0. The zero-order chi connectivity index (χ0) is 20.3. The highest BCUT2D eigenvalue weighted by Crippen LogP contribution is 2.58. The van der Waals surface area contributed by atoms with Crippen molar-refractivity contribution in [1.29, 1.82) is 0 Å². The van der Waals surface area contributed by atoms with Crippen LogP contribution in [0.5, 0.6) is 5.75 Å². The Balaban J connectivity index is 1.50. The summed E-state index contributed by atoms with van der Waals surface area (Å²) in [6.45, 7) is 1.88. The van der Waals surface area contributed by atoms with Gasteiger partial charge in [0.1, 0.15) is 5.75 Å². The molecule has 1 aliphatic carbocycles. The normalized spacial score (nSPS) is 36.2. The van der Waals surface area contributed by atoms with Gasteiger partial charge in [-0.05, 0) is 42.7 Å². The number of phenolic OH excluding ortho intramolecular Hbond substituents is 1. The maximum atomic E-state index is 13.3. The van der Waals surface area contributed by atoms with Crippen LogP contribution in [-0.2, 0) is 14.3 Å². The third kappa shape index (κ3) is 2.63. The van der Waals surface area contributed by atoms with Gasteiger partial charge in [0.05, 0.1) is 23.6 Å². The molecule has 0 aromatic heterocycles. The number of carbonyl (C=O) groups excluding carboxylic acids is 2. The van der Waals surface area contributed by atoms with Gasteiger partial charge >= 0.3 is 0 Å². The Hall–Kier alpha value is -2.70. The smallest absolute Gasteiger partial charge is 0.238 e. The minimum absolute atomic E-state index is 0.159. The third-order valence-corrected chi connectivity index (χ3v) is 6.83. The number of anilines is 1. The number of carbonyl (C=O) groups is 2. The molecule has 6 nitrogen and oxygen atoms in total. The van der Waals surface area contributed by atoms with Gasteiger partial charge in [-0.3, -0.25) is 14.5 Å². The summed E-state index contributed by atoms with van der Waals surface area (Å²) in [5.41, 5.74) is 1.41. The molecule has 0 radical (unpaired) electrons. The molecule has 2 aromatic rings. The third-order valence-electron chi connectivity index (χ3n) is 6.83. The topological polar surface area (TPSA) is 87.1 Å². The van der Waals surface area contributed by atoms with Crippen molar-refractivity contribution in [3.05, 3.63) is 60.2 Å². The molecule has 2 amide bonds. The van der Waals surface area contributed by atoms with Gasteiger partial charge in [0, 0.05) is 11.8 Å². The largest absolute Gasteiger partial charge is 0.508 e. The van der Waals surface area contributed by atoms with Crippen LogP contribution in [0, 0.1) is 23.7 Å². The summed E-state index contributed by atoms with van der Waals surface area (Å²) in [6.07, 6.45) is 0.475. The average Bonchev–Trinajstić information content (AvgIpc) is 3.19. The van der Waals surface area contributed by atoms with Gasteiger partial charge in [0.25, 0.3) is 0 Å². The number of imide groups is 1. The van der Waals surface area contributed by atoms with Gasteiger partial charge < -0.3 is 14.9 Å². The molecule has 2 heterocycles. The summed E-state index contributed by atoms with van der Waals surface area (Å²) in [5, 5.41) is 21.0. The van der Waals surface area contributed by atoms with E-state index in [1.165, 1.54) is 4.90 Å². The van der Waals surface area contributed by atoms with Crippen LogP contribution in [0.25, 0.3) is 0 Å². The van der Waals surface area contributed by atoms with Crippen LogP contribution < -0.4 is 4.90 Å². The number of hydrogen-bond acceptors (Lipinski definition) is 5. The van der Waals surface area contributed by atoms with Crippen molar-refractivity contribution in [3.63, 3.8) is 0 Å². The SMILES string of the molecule is C[C@H]1C[C@@H]2C(=O)N(c3ccccc3)C(=O)[C@@H]2[C@@H]2C[C@@H](c3ccc(O)cc3)O[C@]12O. The highest BCUT2D eigenvalue weighted by atomic mass is 16.6. The van der Waals surface area contributed by atoms with Crippen molar-refractivity contribution in [1.82, 2.24) is 0 Å². The fourth-order valence-electron chi connectivity index (χ4n) is 5.37. The first-order valence-corrected chi connectivity index (χ1v) is 10.0. The lowest BCUT2D eigenvalue weighted by molar-refractivity contribution is -0.265. The van der Waals surface area contributed by atoms with Crippen molar-refractivity contribution in [2.75, 3.05) is 4.90 Å². The zero-order valence-corrected chi connectivity index (χ0v) is 16.1. The molecular formula is C23H23NO5. The Morgan fingerprint density at radius 1 is 1.00 bits per heavy atom. The minimum atomic E-state index is -1.45. The van der Waals surface area contributed by atoms with E-state index in [9.17, 15) is 19.8 Å². The number of amides is 2. The summed E-state index contributed by atoms with van der Waals surface area (Å²) < 4.78 is 6.12. The number of phenols is 1. The Bertz CT molecular complexity index is 959. The monoisotopic (exact) mass is 393 g/mol. The Kier molecular flexibility index (Phi) is 4.05. The fourth-order valence-corrected chi connectivity index (χ4v) is 5.37. The minimum Gasteiger partial charge on any atom is -0.508 e. The molecule has 2 N–H and O–H groups in total. The van der Waals surface area contributed by atoms with Crippen LogP contribution in [0.4, 0.5) is 5.69 Å². The van der Waals surface area contributed by atoms with Gasteiger partial charge in [-0.25, -0.2) is 0 Å². The molecule has 0 spiro atoms. The molecule has 6 atom stereocenters.